The van der Waals surface area contributed by atoms with Crippen molar-refractivity contribution in [3.05, 3.63) is 42.0 Å². The van der Waals surface area contributed by atoms with Gasteiger partial charge in [0.05, 0.1) is 0 Å². The molecule has 1 rings (SSSR count). The second kappa shape index (κ2) is 5.88. The highest BCUT2D eigenvalue weighted by Crippen LogP contribution is 2.11. The van der Waals surface area contributed by atoms with Crippen LogP contribution < -0.4 is 4.74 Å². The Morgan fingerprint density at radius 1 is 1.29 bits per heavy atom. The number of allylic oxidation sites excluding steroid dienone is 1. The van der Waals surface area contributed by atoms with Gasteiger partial charge in [0.15, 0.2) is 0 Å². The third-order valence-electron chi connectivity index (χ3n) is 1.77. The second-order valence-corrected chi connectivity index (χ2v) is 2.86. The van der Waals surface area contributed by atoms with Crippen LogP contribution in [0.5, 0.6) is 5.75 Å². The van der Waals surface area contributed by atoms with E-state index < -0.39 is 0 Å². The van der Waals surface area contributed by atoms with Crippen LogP contribution in [0.1, 0.15) is 18.9 Å². The van der Waals surface area contributed by atoms with Gasteiger partial charge in [0.2, 0.25) is 0 Å². The van der Waals surface area contributed by atoms with E-state index in [2.05, 4.69) is 18.9 Å². The van der Waals surface area contributed by atoms with Crippen LogP contribution in [0.4, 0.5) is 0 Å². The van der Waals surface area contributed by atoms with Gasteiger partial charge in [-0.2, -0.15) is 0 Å². The maximum Gasteiger partial charge on any atom is 0.119 e. The van der Waals surface area contributed by atoms with E-state index >= 15 is 0 Å². The lowest BCUT2D eigenvalue weighted by molar-refractivity contribution is 0.362. The average molecular weight is 186 g/mol. The summed E-state index contributed by atoms with van der Waals surface area (Å²) in [5, 5.41) is 0. The summed E-state index contributed by atoms with van der Waals surface area (Å²) in [7, 11) is 0. The molecule has 0 saturated carbocycles. The highest BCUT2D eigenvalue weighted by atomic mass is 16.5. The molecule has 14 heavy (non-hydrogen) atoms. The SMILES string of the molecule is C#Cc1ccc(OCC=CCC)cc1. The minimum atomic E-state index is 0.614. The van der Waals surface area contributed by atoms with Gasteiger partial charge in [0.1, 0.15) is 12.4 Å². The van der Waals surface area contributed by atoms with Crippen molar-refractivity contribution in [1.29, 1.82) is 0 Å². The Bertz CT molecular complexity index is 327. The molecule has 0 saturated heterocycles. The summed E-state index contributed by atoms with van der Waals surface area (Å²) < 4.78 is 5.45. The molecular weight excluding hydrogens is 172 g/mol. The first kappa shape index (κ1) is 10.4. The van der Waals surface area contributed by atoms with Crippen LogP contribution in [0, 0.1) is 12.3 Å². The van der Waals surface area contributed by atoms with Crippen molar-refractivity contribution in [2.45, 2.75) is 13.3 Å². The van der Waals surface area contributed by atoms with Crippen LogP contribution in [0.3, 0.4) is 0 Å². The molecule has 0 spiro atoms. The smallest absolute Gasteiger partial charge is 0.119 e. The van der Waals surface area contributed by atoms with Crippen LogP contribution >= 0.6 is 0 Å². The first-order valence-electron chi connectivity index (χ1n) is 4.71. The van der Waals surface area contributed by atoms with Crippen molar-refractivity contribution in [1.82, 2.24) is 0 Å². The number of benzene rings is 1. The van der Waals surface area contributed by atoms with E-state index in [1.54, 1.807) is 0 Å². The summed E-state index contributed by atoms with van der Waals surface area (Å²) in [5.41, 5.74) is 0.876. The molecule has 0 unspecified atom stereocenters. The van der Waals surface area contributed by atoms with Crippen molar-refractivity contribution in [2.75, 3.05) is 6.61 Å². The van der Waals surface area contributed by atoms with Crippen molar-refractivity contribution in [3.63, 3.8) is 0 Å². The summed E-state index contributed by atoms with van der Waals surface area (Å²) in [6, 6.07) is 7.52. The lowest BCUT2D eigenvalue weighted by Gasteiger charge is -2.02. The zero-order valence-electron chi connectivity index (χ0n) is 8.36. The van der Waals surface area contributed by atoms with Crippen LogP contribution in [-0.4, -0.2) is 6.61 Å². The molecule has 0 aliphatic rings. The topological polar surface area (TPSA) is 9.23 Å². The molecule has 0 aromatic heterocycles. The molecule has 72 valence electrons. The van der Waals surface area contributed by atoms with E-state index in [0.717, 1.165) is 17.7 Å². The number of ether oxygens (including phenoxy) is 1. The zero-order valence-corrected chi connectivity index (χ0v) is 8.36. The Morgan fingerprint density at radius 3 is 2.57 bits per heavy atom. The first-order chi connectivity index (χ1) is 6.86. The molecule has 0 amide bonds. The van der Waals surface area contributed by atoms with Gasteiger partial charge in [-0.3, -0.25) is 0 Å². The van der Waals surface area contributed by atoms with Crippen molar-refractivity contribution >= 4 is 0 Å². The number of terminal acetylenes is 1. The summed E-state index contributed by atoms with van der Waals surface area (Å²) in [6.45, 7) is 2.71. The number of rotatable bonds is 4. The predicted octanol–water partition coefficient (Wildman–Crippen LogP) is 3.01. The molecule has 1 heteroatoms. The fourth-order valence-corrected chi connectivity index (χ4v) is 1.03. The Kier molecular flexibility index (Phi) is 4.37. The van der Waals surface area contributed by atoms with Crippen LogP contribution in [0.2, 0.25) is 0 Å². The van der Waals surface area contributed by atoms with Gasteiger partial charge in [0, 0.05) is 5.56 Å². The van der Waals surface area contributed by atoms with E-state index in [9.17, 15) is 0 Å². The highest BCUT2D eigenvalue weighted by molar-refractivity contribution is 5.36. The Morgan fingerprint density at radius 2 is 2.00 bits per heavy atom. The molecule has 0 aliphatic heterocycles. The quantitative estimate of drug-likeness (QED) is 0.519. The maximum atomic E-state index is 5.45. The van der Waals surface area contributed by atoms with Gasteiger partial charge in [-0.1, -0.05) is 25.0 Å². The van der Waals surface area contributed by atoms with Crippen LogP contribution in [0.15, 0.2) is 36.4 Å². The van der Waals surface area contributed by atoms with Crippen LogP contribution in [-0.2, 0) is 0 Å². The third kappa shape index (κ3) is 3.37. The molecule has 0 radical (unpaired) electrons. The van der Waals surface area contributed by atoms with E-state index in [4.69, 9.17) is 11.2 Å². The lowest BCUT2D eigenvalue weighted by atomic mass is 10.2. The monoisotopic (exact) mass is 186 g/mol. The van der Waals surface area contributed by atoms with E-state index in [0.29, 0.717) is 6.61 Å². The molecule has 1 aromatic carbocycles. The lowest BCUT2D eigenvalue weighted by Crippen LogP contribution is -1.92. The molecule has 1 aromatic rings. The Labute approximate surface area is 85.4 Å². The fraction of sp³-hybridized carbons (Fsp3) is 0.231. The van der Waals surface area contributed by atoms with Gasteiger partial charge in [0.25, 0.3) is 0 Å². The molecule has 0 N–H and O–H groups in total. The van der Waals surface area contributed by atoms with E-state index in [1.165, 1.54) is 0 Å². The minimum absolute atomic E-state index is 0.614. The van der Waals surface area contributed by atoms with Gasteiger partial charge >= 0.3 is 0 Å². The number of hydrogen-bond acceptors (Lipinski definition) is 1. The summed E-state index contributed by atoms with van der Waals surface area (Å²) in [5.74, 6) is 3.41. The minimum Gasteiger partial charge on any atom is -0.490 e. The number of hydrogen-bond donors (Lipinski definition) is 0. The summed E-state index contributed by atoms with van der Waals surface area (Å²) in [4.78, 5) is 0. The van der Waals surface area contributed by atoms with Crippen molar-refractivity contribution in [2.24, 2.45) is 0 Å². The highest BCUT2D eigenvalue weighted by Gasteiger charge is 1.90. The maximum absolute atomic E-state index is 5.45. The third-order valence-corrected chi connectivity index (χ3v) is 1.77. The van der Waals surface area contributed by atoms with Crippen molar-refractivity contribution < 1.29 is 4.74 Å². The largest absolute Gasteiger partial charge is 0.490 e. The molecule has 0 heterocycles. The second-order valence-electron chi connectivity index (χ2n) is 2.86. The average Bonchev–Trinajstić information content (AvgIpc) is 2.25. The standard InChI is InChI=1S/C13H14O/c1-3-5-6-11-14-13-9-7-12(4-2)8-10-13/h2,5-10H,3,11H2,1H3. The predicted molar refractivity (Wildman–Crippen MR) is 59.3 cm³/mol. The molecule has 0 bridgehead atoms. The van der Waals surface area contributed by atoms with Gasteiger partial charge in [-0.05, 0) is 30.7 Å². The molecule has 0 aliphatic carbocycles. The van der Waals surface area contributed by atoms with Crippen LogP contribution in [0.25, 0.3) is 0 Å². The Hall–Kier alpha value is -1.68. The van der Waals surface area contributed by atoms with E-state index in [1.807, 2.05) is 30.3 Å². The molecule has 0 fully saturated rings. The molecule has 0 atom stereocenters. The summed E-state index contributed by atoms with van der Waals surface area (Å²) in [6.07, 6.45) is 10.4. The fourth-order valence-electron chi connectivity index (χ4n) is 1.03. The van der Waals surface area contributed by atoms with Gasteiger partial charge in [-0.25, -0.2) is 0 Å². The van der Waals surface area contributed by atoms with E-state index in [-0.39, 0.29) is 0 Å². The molecule has 1 nitrogen and oxygen atoms in total. The summed E-state index contributed by atoms with van der Waals surface area (Å²) >= 11 is 0. The zero-order chi connectivity index (χ0) is 10.2. The van der Waals surface area contributed by atoms with Gasteiger partial charge < -0.3 is 4.74 Å². The van der Waals surface area contributed by atoms with Gasteiger partial charge in [-0.15, -0.1) is 6.42 Å². The molecular formula is C13H14O. The van der Waals surface area contributed by atoms with Crippen molar-refractivity contribution in [3.8, 4) is 18.1 Å². The normalized spacial score (nSPS) is 10.0. The first-order valence-corrected chi connectivity index (χ1v) is 4.71. The Balaban J connectivity index is 2.45.